The number of carbonyl (C=O) groups excluding carboxylic acids is 1. The molecule has 0 saturated carbocycles. The van der Waals surface area contributed by atoms with Crippen LogP contribution in [0.4, 0.5) is 4.39 Å². The molecule has 1 unspecified atom stereocenters. The minimum atomic E-state index is -3.79. The molecule has 1 aromatic carbocycles. The smallest absolute Gasteiger partial charge is 0.256 e. The first kappa shape index (κ1) is 20.2. The molecular formula is C18H25FN2O5S. The van der Waals surface area contributed by atoms with Crippen LogP contribution in [-0.2, 0) is 19.5 Å². The zero-order valence-electron chi connectivity index (χ0n) is 15.4. The number of likely N-dealkylation sites (tertiary alicyclic amines) is 1. The standard InChI is InChI=1S/C18H25FN2O5S/c1-2-26-14-4-3-7-20(13-14)18(22)16-12-15(5-6-17(16)19)27(23,24)21-8-10-25-11-9-21/h5-6,12,14H,2-4,7-11,13H2,1H3. The second-order valence-electron chi connectivity index (χ2n) is 6.63. The number of benzene rings is 1. The summed E-state index contributed by atoms with van der Waals surface area (Å²) >= 11 is 0. The van der Waals surface area contributed by atoms with Gasteiger partial charge in [-0.2, -0.15) is 4.31 Å². The average molecular weight is 400 g/mol. The Morgan fingerprint density at radius 3 is 2.74 bits per heavy atom. The van der Waals surface area contributed by atoms with Gasteiger partial charge in [0, 0.05) is 32.8 Å². The predicted octanol–water partition coefficient (Wildman–Crippen LogP) is 1.49. The highest BCUT2D eigenvalue weighted by Crippen LogP contribution is 2.23. The molecule has 27 heavy (non-hydrogen) atoms. The molecule has 1 aromatic rings. The van der Waals surface area contributed by atoms with Gasteiger partial charge < -0.3 is 14.4 Å². The van der Waals surface area contributed by atoms with Gasteiger partial charge >= 0.3 is 0 Å². The molecule has 2 saturated heterocycles. The van der Waals surface area contributed by atoms with E-state index in [1.54, 1.807) is 0 Å². The van der Waals surface area contributed by atoms with Crippen molar-refractivity contribution in [3.8, 4) is 0 Å². The Morgan fingerprint density at radius 1 is 1.30 bits per heavy atom. The van der Waals surface area contributed by atoms with Gasteiger partial charge in [0.05, 0.1) is 29.8 Å². The molecule has 2 aliphatic heterocycles. The van der Waals surface area contributed by atoms with Crippen LogP contribution < -0.4 is 0 Å². The Balaban J connectivity index is 1.83. The van der Waals surface area contributed by atoms with Gasteiger partial charge in [0.25, 0.3) is 5.91 Å². The Kier molecular flexibility index (Phi) is 6.46. The summed E-state index contributed by atoms with van der Waals surface area (Å²) in [6.45, 7) is 4.44. The van der Waals surface area contributed by atoms with E-state index < -0.39 is 21.7 Å². The lowest BCUT2D eigenvalue weighted by Gasteiger charge is -2.32. The Labute approximate surface area is 159 Å². The van der Waals surface area contributed by atoms with Gasteiger partial charge in [0.1, 0.15) is 5.82 Å². The van der Waals surface area contributed by atoms with Crippen LogP contribution in [0, 0.1) is 5.82 Å². The van der Waals surface area contributed by atoms with E-state index in [1.807, 2.05) is 6.92 Å². The third kappa shape index (κ3) is 4.48. The minimum absolute atomic E-state index is 0.0731. The third-order valence-corrected chi connectivity index (χ3v) is 6.74. The number of halogens is 1. The van der Waals surface area contributed by atoms with E-state index in [1.165, 1.54) is 15.3 Å². The molecule has 7 nitrogen and oxygen atoms in total. The molecular weight excluding hydrogens is 375 g/mol. The lowest BCUT2D eigenvalue weighted by molar-refractivity contribution is 0.00706. The van der Waals surface area contributed by atoms with Crippen molar-refractivity contribution in [2.75, 3.05) is 46.0 Å². The van der Waals surface area contributed by atoms with Crippen molar-refractivity contribution in [1.82, 2.24) is 9.21 Å². The van der Waals surface area contributed by atoms with Crippen LogP contribution in [0.2, 0.25) is 0 Å². The molecule has 3 rings (SSSR count). The molecule has 0 bridgehead atoms. The van der Waals surface area contributed by atoms with E-state index in [9.17, 15) is 17.6 Å². The third-order valence-electron chi connectivity index (χ3n) is 4.84. The number of carbonyl (C=O) groups is 1. The molecule has 150 valence electrons. The van der Waals surface area contributed by atoms with Gasteiger partial charge in [-0.25, -0.2) is 12.8 Å². The molecule has 2 aliphatic rings. The first-order valence-corrected chi connectivity index (χ1v) is 10.7. The molecule has 0 aliphatic carbocycles. The molecule has 1 amide bonds. The lowest BCUT2D eigenvalue weighted by Crippen LogP contribution is -2.43. The summed E-state index contributed by atoms with van der Waals surface area (Å²) in [5.41, 5.74) is -0.221. The zero-order chi connectivity index (χ0) is 19.4. The quantitative estimate of drug-likeness (QED) is 0.749. The number of amides is 1. The van der Waals surface area contributed by atoms with Crippen molar-refractivity contribution >= 4 is 15.9 Å². The summed E-state index contributed by atoms with van der Waals surface area (Å²) in [6.07, 6.45) is 1.55. The first-order chi connectivity index (χ1) is 12.9. The number of sulfonamides is 1. The van der Waals surface area contributed by atoms with Crippen LogP contribution in [0.5, 0.6) is 0 Å². The van der Waals surface area contributed by atoms with E-state index in [4.69, 9.17) is 9.47 Å². The molecule has 9 heteroatoms. The van der Waals surface area contributed by atoms with E-state index in [2.05, 4.69) is 0 Å². The van der Waals surface area contributed by atoms with Crippen LogP contribution in [0.15, 0.2) is 23.1 Å². The summed E-state index contributed by atoms with van der Waals surface area (Å²) in [7, 11) is -3.79. The maximum absolute atomic E-state index is 14.3. The molecule has 2 heterocycles. The second-order valence-corrected chi connectivity index (χ2v) is 8.57. The van der Waals surface area contributed by atoms with Crippen molar-refractivity contribution < 1.29 is 27.1 Å². The summed E-state index contributed by atoms with van der Waals surface area (Å²) < 4.78 is 52.0. The number of hydrogen-bond acceptors (Lipinski definition) is 5. The highest BCUT2D eigenvalue weighted by atomic mass is 32.2. The van der Waals surface area contributed by atoms with Gasteiger partial charge in [-0.1, -0.05) is 0 Å². The van der Waals surface area contributed by atoms with Crippen LogP contribution in [-0.4, -0.2) is 75.6 Å². The van der Waals surface area contributed by atoms with Crippen LogP contribution in [0.25, 0.3) is 0 Å². The van der Waals surface area contributed by atoms with E-state index >= 15 is 0 Å². The largest absolute Gasteiger partial charge is 0.379 e. The fourth-order valence-electron chi connectivity index (χ4n) is 3.43. The Hall–Kier alpha value is -1.55. The van der Waals surface area contributed by atoms with Crippen LogP contribution in [0.1, 0.15) is 30.1 Å². The average Bonchev–Trinajstić information content (AvgIpc) is 2.69. The molecule has 0 N–H and O–H groups in total. The minimum Gasteiger partial charge on any atom is -0.379 e. The number of hydrogen-bond donors (Lipinski definition) is 0. The number of nitrogens with zero attached hydrogens (tertiary/aromatic N) is 2. The van der Waals surface area contributed by atoms with E-state index in [-0.39, 0.29) is 29.7 Å². The molecule has 2 fully saturated rings. The lowest BCUT2D eigenvalue weighted by atomic mass is 10.1. The summed E-state index contributed by atoms with van der Waals surface area (Å²) in [5.74, 6) is -1.23. The van der Waals surface area contributed by atoms with Gasteiger partial charge in [-0.15, -0.1) is 0 Å². The highest BCUT2D eigenvalue weighted by molar-refractivity contribution is 7.89. The fourth-order valence-corrected chi connectivity index (χ4v) is 4.86. The second kappa shape index (κ2) is 8.64. The number of piperidine rings is 1. The monoisotopic (exact) mass is 400 g/mol. The SMILES string of the molecule is CCOC1CCCN(C(=O)c2cc(S(=O)(=O)N3CCOCC3)ccc2F)C1. The van der Waals surface area contributed by atoms with Gasteiger partial charge in [0.15, 0.2) is 0 Å². The van der Waals surface area contributed by atoms with Crippen molar-refractivity contribution in [2.24, 2.45) is 0 Å². The Bertz CT molecular complexity index is 778. The molecule has 0 spiro atoms. The van der Waals surface area contributed by atoms with Crippen molar-refractivity contribution in [2.45, 2.75) is 30.8 Å². The molecule has 0 radical (unpaired) electrons. The predicted molar refractivity (Wildman–Crippen MR) is 96.5 cm³/mol. The van der Waals surface area contributed by atoms with Gasteiger partial charge in [-0.3, -0.25) is 4.79 Å². The normalized spacial score (nSPS) is 22.0. The van der Waals surface area contributed by atoms with Crippen molar-refractivity contribution in [3.05, 3.63) is 29.6 Å². The number of ether oxygens (including phenoxy) is 2. The number of morpholine rings is 1. The highest BCUT2D eigenvalue weighted by Gasteiger charge is 2.30. The summed E-state index contributed by atoms with van der Waals surface area (Å²) in [5, 5.41) is 0. The van der Waals surface area contributed by atoms with E-state index in [0.29, 0.717) is 32.9 Å². The summed E-state index contributed by atoms with van der Waals surface area (Å²) in [6, 6.07) is 3.40. The maximum Gasteiger partial charge on any atom is 0.256 e. The topological polar surface area (TPSA) is 76.2 Å². The van der Waals surface area contributed by atoms with Gasteiger partial charge in [0.2, 0.25) is 10.0 Å². The molecule has 0 aromatic heterocycles. The zero-order valence-corrected chi connectivity index (χ0v) is 16.2. The summed E-state index contributed by atoms with van der Waals surface area (Å²) in [4.78, 5) is 14.3. The Morgan fingerprint density at radius 2 is 2.04 bits per heavy atom. The maximum atomic E-state index is 14.3. The fraction of sp³-hybridized carbons (Fsp3) is 0.611. The van der Waals surface area contributed by atoms with Crippen molar-refractivity contribution in [1.29, 1.82) is 0 Å². The number of rotatable bonds is 5. The molecule has 1 atom stereocenters. The van der Waals surface area contributed by atoms with Crippen LogP contribution >= 0.6 is 0 Å². The van der Waals surface area contributed by atoms with Crippen LogP contribution in [0.3, 0.4) is 0 Å². The van der Waals surface area contributed by atoms with Gasteiger partial charge in [-0.05, 0) is 38.0 Å². The van der Waals surface area contributed by atoms with E-state index in [0.717, 1.165) is 25.0 Å². The first-order valence-electron chi connectivity index (χ1n) is 9.22. The van der Waals surface area contributed by atoms with Crippen molar-refractivity contribution in [3.63, 3.8) is 0 Å².